The number of halogens is 1. The third-order valence-electron chi connectivity index (χ3n) is 4.42. The van der Waals surface area contributed by atoms with Crippen LogP contribution < -0.4 is 10.2 Å². The highest BCUT2D eigenvalue weighted by atomic mass is 35.5. The van der Waals surface area contributed by atoms with Gasteiger partial charge in [0.05, 0.1) is 10.7 Å². The van der Waals surface area contributed by atoms with E-state index in [0.29, 0.717) is 22.3 Å². The van der Waals surface area contributed by atoms with Gasteiger partial charge in [0.2, 0.25) is 0 Å². The van der Waals surface area contributed by atoms with Crippen molar-refractivity contribution in [2.24, 2.45) is 0 Å². The van der Waals surface area contributed by atoms with E-state index in [0.717, 1.165) is 5.69 Å². The Balaban J connectivity index is 1.91. The highest BCUT2D eigenvalue weighted by molar-refractivity contribution is 6.33. The first-order valence-electron chi connectivity index (χ1n) is 7.13. The SMILES string of the molecule is CN(c1cc2c(cc1Cl)C(O)C(=O)N2)C1CCCCC1. The van der Waals surface area contributed by atoms with E-state index in [-0.39, 0.29) is 5.91 Å². The van der Waals surface area contributed by atoms with Crippen LogP contribution in [0.1, 0.15) is 43.8 Å². The molecule has 1 aliphatic heterocycles. The number of carbonyl (C=O) groups is 1. The second kappa shape index (κ2) is 5.26. The molecule has 1 fully saturated rings. The van der Waals surface area contributed by atoms with Gasteiger partial charge in [-0.15, -0.1) is 0 Å². The molecule has 1 aliphatic carbocycles. The number of aliphatic hydroxyl groups is 1. The first-order chi connectivity index (χ1) is 9.58. The molecule has 1 atom stereocenters. The lowest BCUT2D eigenvalue weighted by atomic mass is 9.94. The van der Waals surface area contributed by atoms with Crippen LogP contribution in [-0.4, -0.2) is 24.1 Å². The van der Waals surface area contributed by atoms with Crippen molar-refractivity contribution in [3.05, 3.63) is 22.7 Å². The summed E-state index contributed by atoms with van der Waals surface area (Å²) >= 11 is 6.34. The molecule has 1 aromatic carbocycles. The number of fused-ring (bicyclic) bond motifs is 1. The molecule has 0 radical (unpaired) electrons. The Hall–Kier alpha value is -1.26. The van der Waals surface area contributed by atoms with E-state index in [4.69, 9.17) is 11.6 Å². The molecule has 1 saturated carbocycles. The molecule has 2 aliphatic rings. The Bertz CT molecular complexity index is 541. The van der Waals surface area contributed by atoms with Gasteiger partial charge in [-0.3, -0.25) is 4.79 Å². The van der Waals surface area contributed by atoms with Crippen molar-refractivity contribution in [1.29, 1.82) is 0 Å². The molecule has 0 aromatic heterocycles. The van der Waals surface area contributed by atoms with Crippen molar-refractivity contribution in [3.8, 4) is 0 Å². The summed E-state index contributed by atoms with van der Waals surface area (Å²) in [4.78, 5) is 13.7. The fourth-order valence-corrected chi connectivity index (χ4v) is 3.49. The summed E-state index contributed by atoms with van der Waals surface area (Å²) in [7, 11) is 2.05. The van der Waals surface area contributed by atoms with Gasteiger partial charge >= 0.3 is 0 Å². The second-order valence-corrected chi connectivity index (χ2v) is 6.09. The normalized spacial score (nSPS) is 22.6. The van der Waals surface area contributed by atoms with Crippen molar-refractivity contribution in [2.45, 2.75) is 44.2 Å². The maximum absolute atomic E-state index is 11.5. The average Bonchev–Trinajstić information content (AvgIpc) is 2.74. The molecule has 1 aromatic rings. The second-order valence-electron chi connectivity index (χ2n) is 5.69. The zero-order valence-corrected chi connectivity index (χ0v) is 12.3. The molecule has 0 bridgehead atoms. The van der Waals surface area contributed by atoms with E-state index in [2.05, 4.69) is 17.3 Å². The van der Waals surface area contributed by atoms with Gasteiger partial charge in [-0.2, -0.15) is 0 Å². The molecule has 5 heteroatoms. The van der Waals surface area contributed by atoms with Crippen molar-refractivity contribution < 1.29 is 9.90 Å². The van der Waals surface area contributed by atoms with Gasteiger partial charge in [-0.25, -0.2) is 0 Å². The fourth-order valence-electron chi connectivity index (χ4n) is 3.19. The number of aliphatic hydroxyl groups excluding tert-OH is 1. The molecule has 1 amide bonds. The summed E-state index contributed by atoms with van der Waals surface area (Å²) in [5, 5.41) is 13.1. The van der Waals surface area contributed by atoms with Crippen LogP contribution in [-0.2, 0) is 4.79 Å². The van der Waals surface area contributed by atoms with Crippen LogP contribution in [0.4, 0.5) is 11.4 Å². The van der Waals surface area contributed by atoms with Gasteiger partial charge < -0.3 is 15.3 Å². The van der Waals surface area contributed by atoms with Crippen LogP contribution in [0, 0.1) is 0 Å². The number of nitrogens with zero attached hydrogens (tertiary/aromatic N) is 1. The quantitative estimate of drug-likeness (QED) is 0.881. The van der Waals surface area contributed by atoms with Gasteiger partial charge in [-0.05, 0) is 25.0 Å². The van der Waals surface area contributed by atoms with Crippen LogP contribution in [0.3, 0.4) is 0 Å². The Kier molecular flexibility index (Phi) is 3.61. The summed E-state index contributed by atoms with van der Waals surface area (Å²) < 4.78 is 0. The molecule has 1 heterocycles. The predicted molar refractivity (Wildman–Crippen MR) is 80.3 cm³/mol. The number of rotatable bonds is 2. The van der Waals surface area contributed by atoms with E-state index in [1.165, 1.54) is 32.1 Å². The van der Waals surface area contributed by atoms with E-state index in [1.807, 2.05) is 6.07 Å². The van der Waals surface area contributed by atoms with E-state index >= 15 is 0 Å². The monoisotopic (exact) mass is 294 g/mol. The Morgan fingerprint density at radius 1 is 1.30 bits per heavy atom. The Morgan fingerprint density at radius 3 is 2.70 bits per heavy atom. The number of hydrogen-bond donors (Lipinski definition) is 2. The molecule has 0 saturated heterocycles. The third kappa shape index (κ3) is 2.27. The van der Waals surface area contributed by atoms with Crippen molar-refractivity contribution in [1.82, 2.24) is 0 Å². The van der Waals surface area contributed by atoms with E-state index < -0.39 is 6.10 Å². The van der Waals surface area contributed by atoms with Crippen molar-refractivity contribution >= 4 is 28.9 Å². The largest absolute Gasteiger partial charge is 0.378 e. The van der Waals surface area contributed by atoms with Crippen molar-refractivity contribution in [3.63, 3.8) is 0 Å². The number of nitrogens with one attached hydrogen (secondary N) is 1. The fraction of sp³-hybridized carbons (Fsp3) is 0.533. The zero-order valence-electron chi connectivity index (χ0n) is 11.5. The van der Waals surface area contributed by atoms with Gasteiger partial charge in [-0.1, -0.05) is 30.9 Å². The summed E-state index contributed by atoms with van der Waals surface area (Å²) in [5.41, 5.74) is 2.16. The molecule has 0 spiro atoms. The lowest BCUT2D eigenvalue weighted by Gasteiger charge is -2.33. The van der Waals surface area contributed by atoms with E-state index in [9.17, 15) is 9.90 Å². The molecule has 108 valence electrons. The molecular formula is C15H19ClN2O2. The molecule has 20 heavy (non-hydrogen) atoms. The Labute approximate surface area is 123 Å². The number of carbonyl (C=O) groups excluding carboxylic acids is 1. The minimum absolute atomic E-state index is 0.381. The molecule has 1 unspecified atom stereocenters. The molecule has 2 N–H and O–H groups in total. The summed E-state index contributed by atoms with van der Waals surface area (Å²) in [6, 6.07) is 4.08. The Morgan fingerprint density at radius 2 is 2.00 bits per heavy atom. The average molecular weight is 295 g/mol. The summed E-state index contributed by atoms with van der Waals surface area (Å²) in [6.07, 6.45) is 5.08. The van der Waals surface area contributed by atoms with Crippen LogP contribution in [0.25, 0.3) is 0 Å². The van der Waals surface area contributed by atoms with Crippen LogP contribution in [0.15, 0.2) is 12.1 Å². The maximum atomic E-state index is 11.5. The molecule has 3 rings (SSSR count). The standard InChI is InChI=1S/C15H19ClN2O2/c1-18(9-5-3-2-4-6-9)13-8-12-10(7-11(13)16)14(19)15(20)17-12/h7-9,14,19H,2-6H2,1H3,(H,17,20). The first kappa shape index (κ1) is 13.7. The predicted octanol–water partition coefficient (Wildman–Crippen LogP) is 3.09. The zero-order chi connectivity index (χ0) is 14.3. The number of hydrogen-bond acceptors (Lipinski definition) is 3. The topological polar surface area (TPSA) is 52.6 Å². The van der Waals surface area contributed by atoms with Crippen LogP contribution >= 0.6 is 11.6 Å². The molecule has 4 nitrogen and oxygen atoms in total. The van der Waals surface area contributed by atoms with Gasteiger partial charge in [0.1, 0.15) is 0 Å². The summed E-state index contributed by atoms with van der Waals surface area (Å²) in [6.45, 7) is 0. The highest BCUT2D eigenvalue weighted by Gasteiger charge is 2.30. The van der Waals surface area contributed by atoms with Gasteiger partial charge in [0, 0.05) is 24.3 Å². The smallest absolute Gasteiger partial charge is 0.257 e. The lowest BCUT2D eigenvalue weighted by Crippen LogP contribution is -2.33. The minimum Gasteiger partial charge on any atom is -0.378 e. The summed E-state index contributed by atoms with van der Waals surface area (Å²) in [5.74, 6) is -0.381. The number of anilines is 2. The number of amides is 1. The maximum Gasteiger partial charge on any atom is 0.257 e. The highest BCUT2D eigenvalue weighted by Crippen LogP contribution is 2.40. The lowest BCUT2D eigenvalue weighted by molar-refractivity contribution is -0.123. The minimum atomic E-state index is -1.10. The van der Waals surface area contributed by atoms with Crippen LogP contribution in [0.2, 0.25) is 5.02 Å². The third-order valence-corrected chi connectivity index (χ3v) is 4.72. The number of benzene rings is 1. The van der Waals surface area contributed by atoms with Gasteiger partial charge in [0.15, 0.2) is 6.10 Å². The van der Waals surface area contributed by atoms with Crippen LogP contribution in [0.5, 0.6) is 0 Å². The first-order valence-corrected chi connectivity index (χ1v) is 7.51. The van der Waals surface area contributed by atoms with E-state index in [1.54, 1.807) is 6.07 Å². The van der Waals surface area contributed by atoms with Gasteiger partial charge in [0.25, 0.3) is 5.91 Å². The molecular weight excluding hydrogens is 276 g/mol. The van der Waals surface area contributed by atoms with Crippen molar-refractivity contribution in [2.75, 3.05) is 17.3 Å².